The lowest BCUT2D eigenvalue weighted by atomic mass is 9.91. The van der Waals surface area contributed by atoms with Gasteiger partial charge in [-0.2, -0.15) is 0 Å². The molecule has 1 saturated heterocycles. The third-order valence-electron chi connectivity index (χ3n) is 3.37. The van der Waals surface area contributed by atoms with Crippen LogP contribution in [0.5, 0.6) is 0 Å². The molecule has 0 N–H and O–H groups in total. The maximum absolute atomic E-state index is 2.66. The Morgan fingerprint density at radius 3 is 2.27 bits per heavy atom. The molecule has 0 aromatic carbocycles. The van der Waals surface area contributed by atoms with E-state index < -0.39 is 0 Å². The molecule has 11 heavy (non-hydrogen) atoms. The van der Waals surface area contributed by atoms with Crippen molar-refractivity contribution in [1.82, 2.24) is 9.80 Å². The molecule has 2 aliphatic rings. The molecule has 2 fully saturated rings. The molecule has 1 aliphatic carbocycles. The van der Waals surface area contributed by atoms with Gasteiger partial charge in [0.15, 0.2) is 0 Å². The summed E-state index contributed by atoms with van der Waals surface area (Å²) in [6.07, 6.45) is 5.04. The Hall–Kier alpha value is -0.0800. The Balaban J connectivity index is 1.93. The van der Waals surface area contributed by atoms with Gasteiger partial charge >= 0.3 is 0 Å². The smallest absolute Gasteiger partial charge is 0.0594 e. The van der Waals surface area contributed by atoms with Crippen LogP contribution in [0.1, 0.15) is 26.2 Å². The molecule has 2 heteroatoms. The first-order chi connectivity index (χ1) is 5.29. The maximum Gasteiger partial charge on any atom is 0.0594 e. The first kappa shape index (κ1) is 7.56. The quantitative estimate of drug-likeness (QED) is 0.558. The second-order valence-corrected chi connectivity index (χ2v) is 3.94. The fourth-order valence-corrected chi connectivity index (χ4v) is 2.11. The van der Waals surface area contributed by atoms with Crippen molar-refractivity contribution < 1.29 is 0 Å². The van der Waals surface area contributed by atoms with Crippen molar-refractivity contribution in [2.45, 2.75) is 38.4 Å². The van der Waals surface area contributed by atoms with E-state index in [1.165, 1.54) is 32.4 Å². The highest BCUT2D eigenvalue weighted by Crippen LogP contribution is 2.28. The average molecular weight is 154 g/mol. The van der Waals surface area contributed by atoms with Crippen molar-refractivity contribution in [1.29, 1.82) is 0 Å². The van der Waals surface area contributed by atoms with E-state index in [-0.39, 0.29) is 0 Å². The molecule has 0 radical (unpaired) electrons. The van der Waals surface area contributed by atoms with Crippen LogP contribution in [-0.2, 0) is 0 Å². The average Bonchev–Trinajstić information content (AvgIpc) is 2.15. The van der Waals surface area contributed by atoms with E-state index in [0.29, 0.717) is 6.17 Å². The van der Waals surface area contributed by atoms with Gasteiger partial charge in [-0.3, -0.25) is 9.80 Å². The normalized spacial score (nSPS) is 36.0. The molecule has 0 bridgehead atoms. The summed E-state index contributed by atoms with van der Waals surface area (Å²) in [5.41, 5.74) is 0. The summed E-state index contributed by atoms with van der Waals surface area (Å²) in [6.45, 7) is 4.88. The highest BCUT2D eigenvalue weighted by Gasteiger charge is 2.33. The SMILES string of the molecule is CC1N(C)CCN1C1CCC1. The van der Waals surface area contributed by atoms with Crippen molar-refractivity contribution in [2.24, 2.45) is 0 Å². The molecule has 1 saturated carbocycles. The van der Waals surface area contributed by atoms with Crippen LogP contribution >= 0.6 is 0 Å². The zero-order valence-corrected chi connectivity index (χ0v) is 7.58. The van der Waals surface area contributed by atoms with Gasteiger partial charge in [0, 0.05) is 19.1 Å². The molecule has 2 nitrogen and oxygen atoms in total. The molecule has 0 spiro atoms. The zero-order chi connectivity index (χ0) is 7.84. The van der Waals surface area contributed by atoms with E-state index in [1.807, 2.05) is 0 Å². The van der Waals surface area contributed by atoms with Crippen molar-refractivity contribution in [2.75, 3.05) is 20.1 Å². The minimum atomic E-state index is 0.695. The van der Waals surface area contributed by atoms with Gasteiger partial charge in [0.1, 0.15) is 0 Å². The molecule has 1 unspecified atom stereocenters. The largest absolute Gasteiger partial charge is 0.290 e. The van der Waals surface area contributed by atoms with Crippen LogP contribution in [-0.4, -0.2) is 42.1 Å². The molecule has 1 atom stereocenters. The van der Waals surface area contributed by atoms with Gasteiger partial charge in [0.2, 0.25) is 0 Å². The van der Waals surface area contributed by atoms with E-state index >= 15 is 0 Å². The van der Waals surface area contributed by atoms with Crippen LogP contribution in [0, 0.1) is 0 Å². The predicted octanol–water partition coefficient (Wildman–Crippen LogP) is 1.13. The minimum Gasteiger partial charge on any atom is -0.290 e. The number of nitrogens with zero attached hydrogens (tertiary/aromatic N) is 2. The van der Waals surface area contributed by atoms with Gasteiger partial charge in [-0.1, -0.05) is 6.42 Å². The van der Waals surface area contributed by atoms with Crippen LogP contribution in [0.2, 0.25) is 0 Å². The lowest BCUT2D eigenvalue weighted by Gasteiger charge is -2.38. The van der Waals surface area contributed by atoms with Gasteiger partial charge < -0.3 is 0 Å². The van der Waals surface area contributed by atoms with Crippen molar-refractivity contribution in [3.63, 3.8) is 0 Å². The van der Waals surface area contributed by atoms with Gasteiger partial charge in [-0.05, 0) is 26.8 Å². The molecular formula is C9H18N2. The highest BCUT2D eigenvalue weighted by atomic mass is 15.4. The summed E-state index contributed by atoms with van der Waals surface area (Å²) in [4.78, 5) is 5.10. The second kappa shape index (κ2) is 2.76. The van der Waals surface area contributed by atoms with E-state index in [0.717, 1.165) is 6.04 Å². The van der Waals surface area contributed by atoms with Gasteiger partial charge in [0.05, 0.1) is 6.17 Å². The van der Waals surface area contributed by atoms with Gasteiger partial charge in [0.25, 0.3) is 0 Å². The van der Waals surface area contributed by atoms with Gasteiger partial charge in [-0.25, -0.2) is 0 Å². The lowest BCUT2D eigenvalue weighted by molar-refractivity contribution is 0.0820. The summed E-state index contributed by atoms with van der Waals surface area (Å²) in [5, 5.41) is 0. The first-order valence-corrected chi connectivity index (χ1v) is 4.75. The van der Waals surface area contributed by atoms with Crippen molar-refractivity contribution in [3.8, 4) is 0 Å². The molecule has 0 amide bonds. The molecular weight excluding hydrogens is 136 g/mol. The zero-order valence-electron chi connectivity index (χ0n) is 7.58. The summed E-state index contributed by atoms with van der Waals surface area (Å²) >= 11 is 0. The Morgan fingerprint density at radius 2 is 1.91 bits per heavy atom. The third-order valence-corrected chi connectivity index (χ3v) is 3.37. The van der Waals surface area contributed by atoms with Crippen LogP contribution in [0.3, 0.4) is 0 Å². The van der Waals surface area contributed by atoms with Crippen molar-refractivity contribution >= 4 is 0 Å². The maximum atomic E-state index is 2.66. The number of rotatable bonds is 1. The first-order valence-electron chi connectivity index (χ1n) is 4.75. The predicted molar refractivity (Wildman–Crippen MR) is 46.4 cm³/mol. The number of likely N-dealkylation sites (N-methyl/N-ethyl adjacent to an activating group) is 1. The summed E-state index contributed by atoms with van der Waals surface area (Å²) in [5.74, 6) is 0. The Labute approximate surface area is 69.2 Å². The Kier molecular flexibility index (Phi) is 1.90. The van der Waals surface area contributed by atoms with E-state index in [2.05, 4.69) is 23.8 Å². The number of hydrogen-bond donors (Lipinski definition) is 0. The molecule has 2 rings (SSSR count). The topological polar surface area (TPSA) is 6.48 Å². The summed E-state index contributed by atoms with van der Waals surface area (Å²) < 4.78 is 0. The van der Waals surface area contributed by atoms with Crippen LogP contribution in [0.25, 0.3) is 0 Å². The fourth-order valence-electron chi connectivity index (χ4n) is 2.11. The molecule has 0 aromatic heterocycles. The van der Waals surface area contributed by atoms with E-state index in [1.54, 1.807) is 0 Å². The van der Waals surface area contributed by atoms with Crippen LogP contribution in [0.4, 0.5) is 0 Å². The Morgan fingerprint density at radius 1 is 1.18 bits per heavy atom. The van der Waals surface area contributed by atoms with Crippen LogP contribution in [0.15, 0.2) is 0 Å². The second-order valence-electron chi connectivity index (χ2n) is 3.94. The molecule has 0 aromatic rings. The fraction of sp³-hybridized carbons (Fsp3) is 1.00. The molecule has 1 heterocycles. The number of hydrogen-bond acceptors (Lipinski definition) is 2. The minimum absolute atomic E-state index is 0.695. The van der Waals surface area contributed by atoms with Gasteiger partial charge in [-0.15, -0.1) is 0 Å². The third kappa shape index (κ3) is 1.18. The highest BCUT2D eigenvalue weighted by molar-refractivity contribution is 4.87. The molecule has 64 valence electrons. The Bertz CT molecular complexity index is 142. The molecule has 1 aliphatic heterocycles. The summed E-state index contributed by atoms with van der Waals surface area (Å²) in [7, 11) is 2.23. The van der Waals surface area contributed by atoms with Crippen molar-refractivity contribution in [3.05, 3.63) is 0 Å². The lowest BCUT2D eigenvalue weighted by Crippen LogP contribution is -2.44. The standard InChI is InChI=1S/C9H18N2/c1-8-10(2)6-7-11(8)9-4-3-5-9/h8-9H,3-7H2,1-2H3. The van der Waals surface area contributed by atoms with Crippen LogP contribution < -0.4 is 0 Å². The van der Waals surface area contributed by atoms with E-state index in [4.69, 9.17) is 0 Å². The van der Waals surface area contributed by atoms with E-state index in [9.17, 15) is 0 Å². The monoisotopic (exact) mass is 154 g/mol. The summed E-state index contributed by atoms with van der Waals surface area (Å²) in [6, 6.07) is 0.926.